The molecule has 0 aromatic heterocycles. The van der Waals surface area contributed by atoms with E-state index < -0.39 is 6.09 Å². The van der Waals surface area contributed by atoms with Crippen LogP contribution in [0.1, 0.15) is 5.56 Å². The predicted molar refractivity (Wildman–Crippen MR) is 66.9 cm³/mol. The molecule has 3 nitrogen and oxygen atoms in total. The van der Waals surface area contributed by atoms with Crippen molar-refractivity contribution in [3.05, 3.63) is 66.8 Å². The Morgan fingerprint density at radius 3 is 2.28 bits per heavy atom. The van der Waals surface area contributed by atoms with Gasteiger partial charge in [-0.1, -0.05) is 12.1 Å². The van der Waals surface area contributed by atoms with Gasteiger partial charge in [-0.3, -0.25) is 5.32 Å². The van der Waals surface area contributed by atoms with Gasteiger partial charge >= 0.3 is 6.09 Å². The van der Waals surface area contributed by atoms with Crippen molar-refractivity contribution in [1.82, 2.24) is 0 Å². The van der Waals surface area contributed by atoms with Crippen molar-refractivity contribution < 1.29 is 13.9 Å². The van der Waals surface area contributed by atoms with Crippen LogP contribution in [0.15, 0.2) is 48.5 Å². The van der Waals surface area contributed by atoms with Crippen LogP contribution in [0.4, 0.5) is 14.9 Å². The quantitative estimate of drug-likeness (QED) is 0.876. The van der Waals surface area contributed by atoms with Crippen molar-refractivity contribution in [1.29, 1.82) is 0 Å². The second kappa shape index (κ2) is 5.31. The van der Waals surface area contributed by atoms with Crippen molar-refractivity contribution in [3.63, 3.8) is 0 Å². The van der Waals surface area contributed by atoms with Gasteiger partial charge in [0.15, 0.2) is 0 Å². The van der Waals surface area contributed by atoms with Crippen molar-refractivity contribution in [2.45, 2.75) is 0 Å². The summed E-state index contributed by atoms with van der Waals surface area (Å²) in [4.78, 5) is 11.5. The van der Waals surface area contributed by atoms with E-state index in [1.54, 1.807) is 24.3 Å². The third-order valence-electron chi connectivity index (χ3n) is 2.22. The number of rotatable bonds is 2. The van der Waals surface area contributed by atoms with Gasteiger partial charge in [-0.05, 0) is 48.9 Å². The normalized spacial score (nSPS) is 9.89. The summed E-state index contributed by atoms with van der Waals surface area (Å²) in [7, 11) is 0. The zero-order chi connectivity index (χ0) is 13.0. The molecule has 18 heavy (non-hydrogen) atoms. The summed E-state index contributed by atoms with van der Waals surface area (Å²) >= 11 is 0. The van der Waals surface area contributed by atoms with Crippen LogP contribution < -0.4 is 10.1 Å². The first-order valence-corrected chi connectivity index (χ1v) is 5.30. The number of hydrogen-bond donors (Lipinski definition) is 1. The van der Waals surface area contributed by atoms with E-state index >= 15 is 0 Å². The van der Waals surface area contributed by atoms with Crippen LogP contribution in [0, 0.1) is 12.7 Å². The molecule has 1 radical (unpaired) electrons. The first-order chi connectivity index (χ1) is 8.63. The van der Waals surface area contributed by atoms with Gasteiger partial charge in [-0.15, -0.1) is 0 Å². The summed E-state index contributed by atoms with van der Waals surface area (Å²) in [6, 6.07) is 12.2. The molecule has 1 N–H and O–H groups in total. The fraction of sp³-hybridized carbons (Fsp3) is 0. The Kier molecular flexibility index (Phi) is 3.57. The van der Waals surface area contributed by atoms with Crippen molar-refractivity contribution in [2.75, 3.05) is 5.32 Å². The Balaban J connectivity index is 1.96. The standard InChI is InChI=1S/C14H11FNO2/c1-10-2-6-12(7-3-10)16-14(17)18-13-8-4-11(15)5-9-13/h2-9H,1H2,(H,16,17). The number of halogens is 1. The van der Waals surface area contributed by atoms with Crippen LogP contribution in [0.25, 0.3) is 0 Å². The van der Waals surface area contributed by atoms with E-state index in [1.807, 2.05) is 0 Å². The topological polar surface area (TPSA) is 38.3 Å². The zero-order valence-corrected chi connectivity index (χ0v) is 9.52. The minimum atomic E-state index is -0.626. The number of nitrogens with one attached hydrogen (secondary N) is 1. The first-order valence-electron chi connectivity index (χ1n) is 5.30. The molecule has 91 valence electrons. The highest BCUT2D eigenvalue weighted by Gasteiger charge is 2.04. The van der Waals surface area contributed by atoms with Crippen LogP contribution in [-0.4, -0.2) is 6.09 Å². The Bertz CT molecular complexity index is 485. The van der Waals surface area contributed by atoms with Crippen LogP contribution in [0.2, 0.25) is 0 Å². The van der Waals surface area contributed by atoms with E-state index in [0.717, 1.165) is 5.56 Å². The molecule has 1 amide bonds. The van der Waals surface area contributed by atoms with Gasteiger partial charge in [0.2, 0.25) is 0 Å². The van der Waals surface area contributed by atoms with Gasteiger partial charge < -0.3 is 4.74 Å². The zero-order valence-electron chi connectivity index (χ0n) is 9.52. The van der Waals surface area contributed by atoms with E-state index in [4.69, 9.17) is 4.74 Å². The van der Waals surface area contributed by atoms with E-state index in [2.05, 4.69) is 12.2 Å². The van der Waals surface area contributed by atoms with Gasteiger partial charge in [-0.2, -0.15) is 0 Å². The molecular formula is C14H11FNO2. The maximum Gasteiger partial charge on any atom is 0.417 e. The third kappa shape index (κ3) is 3.31. The lowest BCUT2D eigenvalue weighted by Crippen LogP contribution is -2.16. The Morgan fingerprint density at radius 2 is 1.67 bits per heavy atom. The molecule has 0 spiro atoms. The molecule has 0 aliphatic rings. The van der Waals surface area contributed by atoms with Crippen LogP contribution in [-0.2, 0) is 0 Å². The van der Waals surface area contributed by atoms with Gasteiger partial charge in [0.05, 0.1) is 0 Å². The number of amides is 1. The largest absolute Gasteiger partial charge is 0.417 e. The summed E-state index contributed by atoms with van der Waals surface area (Å²) in [5, 5.41) is 2.55. The second-order valence-corrected chi connectivity index (χ2v) is 3.67. The summed E-state index contributed by atoms with van der Waals surface area (Å²) in [6.07, 6.45) is -0.626. The number of hydrogen-bond acceptors (Lipinski definition) is 2. The molecule has 2 aromatic rings. The molecule has 0 bridgehead atoms. The molecule has 4 heteroatoms. The minimum Gasteiger partial charge on any atom is -0.410 e. The van der Waals surface area contributed by atoms with E-state index in [0.29, 0.717) is 5.69 Å². The first kappa shape index (κ1) is 12.1. The molecule has 2 aromatic carbocycles. The highest BCUT2D eigenvalue weighted by molar-refractivity contribution is 5.86. The number of ether oxygens (including phenoxy) is 1. The predicted octanol–water partition coefficient (Wildman–Crippen LogP) is 3.62. The number of benzene rings is 2. The molecule has 0 fully saturated rings. The van der Waals surface area contributed by atoms with Crippen LogP contribution in [0.5, 0.6) is 5.75 Å². The summed E-state index contributed by atoms with van der Waals surface area (Å²) < 4.78 is 17.6. The lowest BCUT2D eigenvalue weighted by atomic mass is 10.2. The van der Waals surface area contributed by atoms with Crippen molar-refractivity contribution in [2.24, 2.45) is 0 Å². The number of carbonyl (C=O) groups excluding carboxylic acids is 1. The molecule has 2 rings (SSSR count). The van der Waals surface area contributed by atoms with Gasteiger partial charge in [0, 0.05) is 5.69 Å². The molecular weight excluding hydrogens is 233 g/mol. The van der Waals surface area contributed by atoms with E-state index in [-0.39, 0.29) is 11.6 Å². The summed E-state index contributed by atoms with van der Waals surface area (Å²) in [6.45, 7) is 3.74. The molecule has 0 aliphatic heterocycles. The summed E-state index contributed by atoms with van der Waals surface area (Å²) in [5.41, 5.74) is 1.46. The average Bonchev–Trinajstić information content (AvgIpc) is 2.35. The smallest absolute Gasteiger partial charge is 0.410 e. The van der Waals surface area contributed by atoms with Gasteiger partial charge in [0.1, 0.15) is 11.6 Å². The third-order valence-corrected chi connectivity index (χ3v) is 2.22. The van der Waals surface area contributed by atoms with E-state index in [1.165, 1.54) is 24.3 Å². The fourth-order valence-corrected chi connectivity index (χ4v) is 1.34. The molecule has 0 saturated heterocycles. The van der Waals surface area contributed by atoms with Gasteiger partial charge in [-0.25, -0.2) is 9.18 Å². The number of anilines is 1. The SMILES string of the molecule is [CH2]c1ccc(NC(=O)Oc2ccc(F)cc2)cc1. The fourth-order valence-electron chi connectivity index (χ4n) is 1.34. The highest BCUT2D eigenvalue weighted by atomic mass is 19.1. The number of carbonyl (C=O) groups is 1. The molecule has 0 atom stereocenters. The Morgan fingerprint density at radius 1 is 1.06 bits per heavy atom. The maximum absolute atomic E-state index is 12.6. The molecule has 0 saturated carbocycles. The maximum atomic E-state index is 12.6. The van der Waals surface area contributed by atoms with Crippen molar-refractivity contribution in [3.8, 4) is 5.75 Å². The molecule has 0 heterocycles. The Hall–Kier alpha value is -2.36. The second-order valence-electron chi connectivity index (χ2n) is 3.67. The van der Waals surface area contributed by atoms with E-state index in [9.17, 15) is 9.18 Å². The highest BCUT2D eigenvalue weighted by Crippen LogP contribution is 2.13. The summed E-state index contributed by atoms with van der Waals surface area (Å²) in [5.74, 6) is -0.100. The minimum absolute atomic E-state index is 0.280. The monoisotopic (exact) mass is 244 g/mol. The lowest BCUT2D eigenvalue weighted by molar-refractivity contribution is 0.215. The molecule has 0 unspecified atom stereocenters. The average molecular weight is 244 g/mol. The lowest BCUT2D eigenvalue weighted by Gasteiger charge is -2.06. The van der Waals surface area contributed by atoms with Gasteiger partial charge in [0.25, 0.3) is 0 Å². The van der Waals surface area contributed by atoms with Crippen LogP contribution >= 0.6 is 0 Å². The van der Waals surface area contributed by atoms with Crippen molar-refractivity contribution >= 4 is 11.8 Å². The Labute approximate surface area is 104 Å². The van der Waals surface area contributed by atoms with Crippen LogP contribution in [0.3, 0.4) is 0 Å². The molecule has 0 aliphatic carbocycles.